The maximum atomic E-state index is 11.9. The fraction of sp³-hybridized carbons (Fsp3) is 0.588. The van der Waals surface area contributed by atoms with Crippen LogP contribution in [0.4, 0.5) is 0 Å². The molecular weight excluding hydrogens is 330 g/mol. The van der Waals surface area contributed by atoms with Crippen molar-refractivity contribution in [2.45, 2.75) is 57.3 Å². The zero-order valence-corrected chi connectivity index (χ0v) is 15.3. The highest BCUT2D eigenvalue weighted by molar-refractivity contribution is 7.86. The van der Waals surface area contributed by atoms with Gasteiger partial charge in [0.05, 0.1) is 18.0 Å². The third-order valence-corrected chi connectivity index (χ3v) is 4.55. The molecule has 1 aromatic rings. The molecule has 1 rings (SSSR count). The monoisotopic (exact) mass is 359 g/mol. The minimum atomic E-state index is -3.57. The van der Waals surface area contributed by atoms with Gasteiger partial charge in [-0.05, 0) is 25.5 Å². The van der Waals surface area contributed by atoms with Crippen molar-refractivity contribution in [2.75, 3.05) is 13.2 Å². The number of hydrogen-bond acceptors (Lipinski definition) is 5. The van der Waals surface area contributed by atoms with Gasteiger partial charge in [0.2, 0.25) is 0 Å². The summed E-state index contributed by atoms with van der Waals surface area (Å²) < 4.78 is 28.7. The molecule has 0 saturated carbocycles. The Morgan fingerprint density at radius 2 is 1.58 bits per heavy atom. The van der Waals surface area contributed by atoms with Gasteiger partial charge in [-0.25, -0.2) is 0 Å². The highest BCUT2D eigenvalue weighted by atomic mass is 32.2. The van der Waals surface area contributed by atoms with Crippen molar-refractivity contribution in [1.82, 2.24) is 0 Å². The molecule has 0 bridgehead atoms. The Balaban J connectivity index is 0.000000922. The predicted molar refractivity (Wildman–Crippen MR) is 94.4 cm³/mol. The molecule has 1 aromatic carbocycles. The molecule has 0 aromatic heterocycles. The van der Waals surface area contributed by atoms with E-state index in [0.29, 0.717) is 0 Å². The Morgan fingerprint density at radius 1 is 1.08 bits per heavy atom. The van der Waals surface area contributed by atoms with E-state index in [0.717, 1.165) is 24.8 Å². The second kappa shape index (κ2) is 12.9. The van der Waals surface area contributed by atoms with Crippen LogP contribution in [0.2, 0.25) is 0 Å². The standard InChI is InChI=1S/C15H24O3S.C2H5NO2/c1-3-4-5-6-7-8-13-18-19(16,17)15-11-9-14(2)10-12-15;3-1-2(4)5/h9-12H,3-8,13H2,1-2H3;1,3H2,(H,4,5). The van der Waals surface area contributed by atoms with Crippen LogP contribution < -0.4 is 5.73 Å². The van der Waals surface area contributed by atoms with E-state index in [4.69, 9.17) is 9.29 Å². The molecule has 0 heterocycles. The molecule has 0 radical (unpaired) electrons. The molecule has 24 heavy (non-hydrogen) atoms. The first-order valence-corrected chi connectivity index (χ1v) is 9.62. The molecule has 0 unspecified atom stereocenters. The van der Waals surface area contributed by atoms with Gasteiger partial charge >= 0.3 is 5.97 Å². The van der Waals surface area contributed by atoms with Crippen LogP contribution >= 0.6 is 0 Å². The third-order valence-electron chi connectivity index (χ3n) is 3.22. The smallest absolute Gasteiger partial charge is 0.317 e. The molecule has 0 aliphatic rings. The summed E-state index contributed by atoms with van der Waals surface area (Å²) in [6.07, 6.45) is 6.68. The number of rotatable bonds is 10. The molecule has 0 fully saturated rings. The van der Waals surface area contributed by atoms with Gasteiger partial charge in [0.15, 0.2) is 0 Å². The minimum absolute atomic E-state index is 0.240. The molecule has 138 valence electrons. The van der Waals surface area contributed by atoms with E-state index in [1.807, 2.05) is 6.92 Å². The van der Waals surface area contributed by atoms with E-state index >= 15 is 0 Å². The van der Waals surface area contributed by atoms with Gasteiger partial charge in [-0.15, -0.1) is 0 Å². The lowest BCUT2D eigenvalue weighted by atomic mass is 10.1. The van der Waals surface area contributed by atoms with Crippen molar-refractivity contribution in [3.63, 3.8) is 0 Å². The zero-order chi connectivity index (χ0) is 18.4. The lowest BCUT2D eigenvalue weighted by Crippen LogP contribution is -2.10. The van der Waals surface area contributed by atoms with E-state index in [1.54, 1.807) is 24.3 Å². The Morgan fingerprint density at radius 3 is 2.08 bits per heavy atom. The van der Waals surface area contributed by atoms with Crippen LogP contribution in [0.15, 0.2) is 29.2 Å². The van der Waals surface area contributed by atoms with Crippen molar-refractivity contribution in [1.29, 1.82) is 0 Å². The van der Waals surface area contributed by atoms with Crippen LogP contribution in [0.5, 0.6) is 0 Å². The van der Waals surface area contributed by atoms with Crippen molar-refractivity contribution in [2.24, 2.45) is 5.73 Å². The van der Waals surface area contributed by atoms with Crippen LogP contribution in [0.1, 0.15) is 51.0 Å². The van der Waals surface area contributed by atoms with Crippen LogP contribution in [0, 0.1) is 6.92 Å². The number of aliphatic carboxylic acids is 1. The summed E-state index contributed by atoms with van der Waals surface area (Å²) in [6, 6.07) is 6.74. The lowest BCUT2D eigenvalue weighted by Gasteiger charge is -2.06. The summed E-state index contributed by atoms with van der Waals surface area (Å²) in [5.41, 5.74) is 5.61. The summed E-state index contributed by atoms with van der Waals surface area (Å²) in [4.78, 5) is 9.48. The quantitative estimate of drug-likeness (QED) is 0.491. The fourth-order valence-corrected chi connectivity index (χ4v) is 2.77. The number of carboxylic acid groups (broad SMARTS) is 1. The molecular formula is C17H29NO5S. The van der Waals surface area contributed by atoms with Gasteiger partial charge in [-0.2, -0.15) is 8.42 Å². The number of carbonyl (C=O) groups is 1. The summed E-state index contributed by atoms with van der Waals surface area (Å²) >= 11 is 0. The van der Waals surface area contributed by atoms with Gasteiger partial charge in [0.1, 0.15) is 0 Å². The first kappa shape index (κ1) is 22.6. The average molecular weight is 359 g/mol. The van der Waals surface area contributed by atoms with Crippen LogP contribution in [-0.2, 0) is 19.1 Å². The van der Waals surface area contributed by atoms with Gasteiger partial charge in [-0.1, -0.05) is 56.7 Å². The van der Waals surface area contributed by atoms with E-state index in [1.165, 1.54) is 19.3 Å². The predicted octanol–water partition coefficient (Wildman–Crippen LogP) is 3.09. The molecule has 0 amide bonds. The SMILES string of the molecule is CCCCCCCCOS(=O)(=O)c1ccc(C)cc1.NCC(=O)O. The number of benzene rings is 1. The Kier molecular flexibility index (Phi) is 12.1. The molecule has 0 saturated heterocycles. The number of carboxylic acids is 1. The number of unbranched alkanes of at least 4 members (excludes halogenated alkanes) is 5. The average Bonchev–Trinajstić information content (AvgIpc) is 2.55. The van der Waals surface area contributed by atoms with E-state index in [2.05, 4.69) is 12.7 Å². The largest absolute Gasteiger partial charge is 0.480 e. The molecule has 3 N–H and O–H groups in total. The number of nitrogens with two attached hydrogens (primary N) is 1. The topological polar surface area (TPSA) is 107 Å². The number of aryl methyl sites for hydroxylation is 1. The summed E-state index contributed by atoms with van der Waals surface area (Å²) in [7, 11) is -3.57. The highest BCUT2D eigenvalue weighted by Gasteiger charge is 2.13. The second-order valence-electron chi connectivity index (χ2n) is 5.45. The van der Waals surface area contributed by atoms with E-state index in [-0.39, 0.29) is 18.0 Å². The van der Waals surface area contributed by atoms with Crippen LogP contribution in [0.3, 0.4) is 0 Å². The van der Waals surface area contributed by atoms with Crippen LogP contribution in [0.25, 0.3) is 0 Å². The maximum Gasteiger partial charge on any atom is 0.317 e. The van der Waals surface area contributed by atoms with Crippen molar-refractivity contribution < 1.29 is 22.5 Å². The van der Waals surface area contributed by atoms with Crippen molar-refractivity contribution in [3.05, 3.63) is 29.8 Å². The Bertz CT molecular complexity index is 555. The highest BCUT2D eigenvalue weighted by Crippen LogP contribution is 2.14. The molecule has 0 aliphatic heterocycles. The molecule has 7 heteroatoms. The van der Waals surface area contributed by atoms with Gasteiger partial charge < -0.3 is 10.8 Å². The van der Waals surface area contributed by atoms with Gasteiger partial charge in [0.25, 0.3) is 10.1 Å². The third kappa shape index (κ3) is 11.2. The summed E-state index contributed by atoms with van der Waals surface area (Å²) in [6.45, 7) is 4.10. The lowest BCUT2D eigenvalue weighted by molar-refractivity contribution is -0.135. The Hall–Kier alpha value is -1.44. The normalized spacial score (nSPS) is 10.8. The molecule has 0 aliphatic carbocycles. The first-order valence-electron chi connectivity index (χ1n) is 8.21. The minimum Gasteiger partial charge on any atom is -0.480 e. The molecule has 0 spiro atoms. The molecule has 6 nitrogen and oxygen atoms in total. The van der Waals surface area contributed by atoms with Crippen molar-refractivity contribution in [3.8, 4) is 0 Å². The molecule has 0 atom stereocenters. The zero-order valence-electron chi connectivity index (χ0n) is 14.5. The van der Waals surface area contributed by atoms with E-state index < -0.39 is 16.1 Å². The Labute approximate surface area is 145 Å². The fourth-order valence-electron chi connectivity index (χ4n) is 1.82. The maximum absolute atomic E-state index is 11.9. The summed E-state index contributed by atoms with van der Waals surface area (Å²) in [5.74, 6) is -0.968. The summed E-state index contributed by atoms with van der Waals surface area (Å²) in [5, 5.41) is 7.60. The van der Waals surface area contributed by atoms with Crippen LogP contribution in [-0.4, -0.2) is 32.6 Å². The number of hydrogen-bond donors (Lipinski definition) is 2. The second-order valence-corrected chi connectivity index (χ2v) is 7.07. The van der Waals surface area contributed by atoms with Gasteiger partial charge in [0, 0.05) is 0 Å². The van der Waals surface area contributed by atoms with E-state index in [9.17, 15) is 13.2 Å². The van der Waals surface area contributed by atoms with Gasteiger partial charge in [-0.3, -0.25) is 8.98 Å². The van der Waals surface area contributed by atoms with Crippen molar-refractivity contribution >= 4 is 16.1 Å². The first-order chi connectivity index (χ1) is 11.3.